The quantitative estimate of drug-likeness (QED) is 0.397. The van der Waals surface area contributed by atoms with Gasteiger partial charge < -0.3 is 24.6 Å². The van der Waals surface area contributed by atoms with Crippen molar-refractivity contribution >= 4 is 17.8 Å². The Balaban J connectivity index is 1.69. The van der Waals surface area contributed by atoms with Crippen LogP contribution in [0.4, 0.5) is 10.6 Å². The molecule has 0 aromatic carbocycles. The van der Waals surface area contributed by atoms with Gasteiger partial charge in [-0.1, -0.05) is 39.8 Å². The Bertz CT molecular complexity index is 1220. The summed E-state index contributed by atoms with van der Waals surface area (Å²) in [5.74, 6) is 1.69. The number of amides is 2. The first-order valence-corrected chi connectivity index (χ1v) is 12.7. The van der Waals surface area contributed by atoms with Crippen LogP contribution in [-0.2, 0) is 12.0 Å². The lowest BCUT2D eigenvalue weighted by molar-refractivity contribution is 0.0467. The van der Waals surface area contributed by atoms with Crippen molar-refractivity contribution in [2.75, 3.05) is 25.0 Å². The number of H-pyrrole nitrogens is 1. The largest absolute Gasteiger partial charge is 0.467 e. The van der Waals surface area contributed by atoms with Crippen LogP contribution in [0.1, 0.15) is 74.7 Å². The van der Waals surface area contributed by atoms with Gasteiger partial charge in [0.2, 0.25) is 0 Å². The number of carbonyl (C=O) groups is 2. The van der Waals surface area contributed by atoms with E-state index in [0.29, 0.717) is 48.3 Å². The molecule has 0 unspecified atom stereocenters. The molecule has 4 rings (SSSR count). The number of nitrogens with zero attached hydrogens (tertiary/aromatic N) is 7. The molecule has 0 saturated carbocycles. The van der Waals surface area contributed by atoms with E-state index >= 15 is 0 Å². The van der Waals surface area contributed by atoms with Gasteiger partial charge in [-0.05, 0) is 24.5 Å². The molecule has 2 amide bonds. The Morgan fingerprint density at radius 1 is 1.32 bits per heavy atom. The zero-order chi connectivity index (χ0) is 27.4. The number of nitrogens with one attached hydrogen (secondary N) is 2. The number of anilines is 1. The minimum absolute atomic E-state index is 0.136. The molecule has 1 aliphatic heterocycles. The SMILES string of the molecule is CC(C)CN(C(=O)c1cnc(C(C)(C)C)nc1NCc1ccco1)[C@H]1C[C@@H](c2nn[nH]n2)CN(C(=O)O)C1. The number of carboxylic acid groups (broad SMARTS) is 1. The molecule has 1 aliphatic rings. The van der Waals surface area contributed by atoms with Crippen molar-refractivity contribution in [3.8, 4) is 0 Å². The van der Waals surface area contributed by atoms with Crippen LogP contribution < -0.4 is 5.32 Å². The van der Waals surface area contributed by atoms with Gasteiger partial charge in [-0.2, -0.15) is 5.21 Å². The minimum atomic E-state index is -1.06. The Kier molecular flexibility index (Phi) is 7.93. The number of furan rings is 1. The van der Waals surface area contributed by atoms with Gasteiger partial charge in [0.15, 0.2) is 5.82 Å². The van der Waals surface area contributed by atoms with Gasteiger partial charge in [-0.3, -0.25) is 4.79 Å². The topological polar surface area (TPSA) is 166 Å². The van der Waals surface area contributed by atoms with Crippen molar-refractivity contribution in [2.24, 2.45) is 5.92 Å². The molecule has 2 atom stereocenters. The van der Waals surface area contributed by atoms with Gasteiger partial charge in [0.05, 0.1) is 18.8 Å². The summed E-state index contributed by atoms with van der Waals surface area (Å²) in [6, 6.07) is 3.23. The second-order valence-corrected chi connectivity index (χ2v) is 11.0. The summed E-state index contributed by atoms with van der Waals surface area (Å²) < 4.78 is 5.45. The standard InChI is InChI=1S/C25H35N9O4/c1-15(2)12-34(17-9-16(20-29-31-32-30-20)13-33(14-17)24(36)37)22(35)19-11-27-23(25(3,4)5)28-21(19)26-10-18-7-6-8-38-18/h6-8,11,15-17H,9-10,12-14H2,1-5H3,(H,36,37)(H,26,27,28)(H,29,30,31,32)/t16-,17+/m1/s1. The van der Waals surface area contributed by atoms with Gasteiger partial charge in [-0.25, -0.2) is 14.8 Å². The Hall–Kier alpha value is -4.03. The van der Waals surface area contributed by atoms with E-state index in [9.17, 15) is 14.7 Å². The van der Waals surface area contributed by atoms with Crippen LogP contribution >= 0.6 is 0 Å². The van der Waals surface area contributed by atoms with E-state index in [4.69, 9.17) is 9.40 Å². The van der Waals surface area contributed by atoms with Gasteiger partial charge >= 0.3 is 6.09 Å². The highest BCUT2D eigenvalue weighted by molar-refractivity contribution is 5.98. The summed E-state index contributed by atoms with van der Waals surface area (Å²) in [5, 5.41) is 27.3. The normalized spacial score (nSPS) is 18.0. The van der Waals surface area contributed by atoms with E-state index in [2.05, 4.69) is 30.9 Å². The highest BCUT2D eigenvalue weighted by atomic mass is 16.4. The molecule has 0 spiro atoms. The second-order valence-electron chi connectivity index (χ2n) is 11.0. The molecule has 1 saturated heterocycles. The molecule has 1 fully saturated rings. The molecule has 0 bridgehead atoms. The number of piperidine rings is 1. The number of aromatic amines is 1. The first kappa shape index (κ1) is 27.0. The lowest BCUT2D eigenvalue weighted by atomic mass is 9.91. The maximum Gasteiger partial charge on any atom is 0.407 e. The zero-order valence-electron chi connectivity index (χ0n) is 22.4. The molecular formula is C25H35N9O4. The number of hydrogen-bond acceptors (Lipinski definition) is 9. The van der Waals surface area contributed by atoms with Crippen LogP contribution in [0.3, 0.4) is 0 Å². The molecule has 13 nitrogen and oxygen atoms in total. The molecule has 0 aliphatic carbocycles. The third-order valence-corrected chi connectivity index (χ3v) is 6.39. The number of rotatable bonds is 8. The molecule has 13 heteroatoms. The van der Waals surface area contributed by atoms with E-state index < -0.39 is 12.1 Å². The predicted molar refractivity (Wildman–Crippen MR) is 138 cm³/mol. The molecule has 3 aromatic rings. The fourth-order valence-corrected chi connectivity index (χ4v) is 4.55. The van der Waals surface area contributed by atoms with E-state index in [1.54, 1.807) is 23.4 Å². The molecule has 3 aromatic heterocycles. The van der Waals surface area contributed by atoms with Crippen LogP contribution in [0.15, 0.2) is 29.0 Å². The summed E-state index contributed by atoms with van der Waals surface area (Å²) in [7, 11) is 0. The molecule has 38 heavy (non-hydrogen) atoms. The third-order valence-electron chi connectivity index (χ3n) is 6.39. The third kappa shape index (κ3) is 6.26. The molecule has 4 heterocycles. The van der Waals surface area contributed by atoms with Crippen molar-refractivity contribution in [2.45, 2.75) is 65.0 Å². The Morgan fingerprint density at radius 3 is 2.71 bits per heavy atom. The van der Waals surface area contributed by atoms with E-state index in [0.717, 1.165) is 0 Å². The number of tetrazole rings is 1. The lowest BCUT2D eigenvalue weighted by Crippen LogP contribution is -2.54. The number of hydrogen-bond donors (Lipinski definition) is 3. The average molecular weight is 526 g/mol. The smallest absolute Gasteiger partial charge is 0.407 e. The number of carbonyl (C=O) groups excluding carboxylic acids is 1. The monoisotopic (exact) mass is 525 g/mol. The van der Waals surface area contributed by atoms with E-state index in [1.807, 2.05) is 40.7 Å². The highest BCUT2D eigenvalue weighted by Crippen LogP contribution is 2.30. The maximum atomic E-state index is 14.2. The first-order chi connectivity index (χ1) is 18.0. The maximum absolute atomic E-state index is 14.2. The van der Waals surface area contributed by atoms with E-state index in [-0.39, 0.29) is 36.2 Å². The van der Waals surface area contributed by atoms with Gasteiger partial charge in [-0.15, -0.1) is 10.2 Å². The van der Waals surface area contributed by atoms with Crippen molar-refractivity contribution in [3.63, 3.8) is 0 Å². The van der Waals surface area contributed by atoms with Crippen LogP contribution in [0, 0.1) is 5.92 Å². The van der Waals surface area contributed by atoms with Gasteiger partial charge in [0, 0.05) is 37.2 Å². The van der Waals surface area contributed by atoms with Crippen LogP contribution in [0.2, 0.25) is 0 Å². The van der Waals surface area contributed by atoms with Crippen LogP contribution in [0.25, 0.3) is 0 Å². The summed E-state index contributed by atoms with van der Waals surface area (Å²) in [4.78, 5) is 38.5. The summed E-state index contributed by atoms with van der Waals surface area (Å²) >= 11 is 0. The van der Waals surface area contributed by atoms with Crippen molar-refractivity contribution in [3.05, 3.63) is 47.6 Å². The molecule has 3 N–H and O–H groups in total. The second kappa shape index (κ2) is 11.2. The first-order valence-electron chi connectivity index (χ1n) is 12.7. The molecular weight excluding hydrogens is 490 g/mol. The van der Waals surface area contributed by atoms with Gasteiger partial charge in [0.1, 0.15) is 23.0 Å². The average Bonchev–Trinajstić information content (AvgIpc) is 3.59. The van der Waals surface area contributed by atoms with Gasteiger partial charge in [0.25, 0.3) is 5.91 Å². The number of aromatic nitrogens is 6. The molecule has 0 radical (unpaired) electrons. The highest BCUT2D eigenvalue weighted by Gasteiger charge is 2.38. The lowest BCUT2D eigenvalue weighted by Gasteiger charge is -2.41. The Morgan fingerprint density at radius 2 is 2.11 bits per heavy atom. The minimum Gasteiger partial charge on any atom is -0.467 e. The predicted octanol–water partition coefficient (Wildman–Crippen LogP) is 3.13. The van der Waals surface area contributed by atoms with Crippen molar-refractivity contribution < 1.29 is 19.1 Å². The molecule has 204 valence electrons. The van der Waals surface area contributed by atoms with Crippen molar-refractivity contribution in [1.29, 1.82) is 0 Å². The summed E-state index contributed by atoms with van der Waals surface area (Å²) in [5.41, 5.74) is -0.0162. The summed E-state index contributed by atoms with van der Waals surface area (Å²) in [6.07, 6.45) is 2.59. The van der Waals surface area contributed by atoms with Crippen LogP contribution in [0.5, 0.6) is 0 Å². The zero-order valence-corrected chi connectivity index (χ0v) is 22.4. The number of likely N-dealkylation sites (tertiary alicyclic amines) is 1. The fourth-order valence-electron chi connectivity index (χ4n) is 4.55. The fraction of sp³-hybridized carbons (Fsp3) is 0.560. The summed E-state index contributed by atoms with van der Waals surface area (Å²) in [6.45, 7) is 11.2. The Labute approximate surface area is 221 Å². The van der Waals surface area contributed by atoms with Crippen molar-refractivity contribution in [1.82, 2.24) is 40.4 Å². The van der Waals surface area contributed by atoms with E-state index in [1.165, 1.54) is 4.90 Å². The van der Waals surface area contributed by atoms with Crippen LogP contribution in [-0.4, -0.2) is 83.2 Å².